The van der Waals surface area contributed by atoms with Gasteiger partial charge in [-0.1, -0.05) is 42.5 Å². The Morgan fingerprint density at radius 2 is 1.70 bits per heavy atom. The van der Waals surface area contributed by atoms with E-state index in [1.165, 1.54) is 14.0 Å². The zero-order valence-corrected chi connectivity index (χ0v) is 16.7. The fourth-order valence-electron chi connectivity index (χ4n) is 3.07. The highest BCUT2D eigenvalue weighted by Crippen LogP contribution is 2.28. The van der Waals surface area contributed by atoms with Crippen molar-refractivity contribution in [1.29, 1.82) is 0 Å². The Balaban J connectivity index is 1.60. The van der Waals surface area contributed by atoms with Gasteiger partial charge in [0, 0.05) is 12.6 Å². The molecule has 0 spiro atoms. The van der Waals surface area contributed by atoms with Crippen LogP contribution in [0.25, 0.3) is 10.8 Å². The molecule has 3 aromatic rings. The summed E-state index contributed by atoms with van der Waals surface area (Å²) in [6.07, 6.45) is 0.0654. The Morgan fingerprint density at radius 3 is 2.47 bits per heavy atom. The number of rotatable bonds is 7. The first-order valence-electron chi connectivity index (χ1n) is 9.34. The minimum absolute atomic E-state index is 0.0654. The quantitative estimate of drug-likeness (QED) is 0.586. The van der Waals surface area contributed by atoms with Crippen molar-refractivity contribution in [3.8, 4) is 5.75 Å². The lowest BCUT2D eigenvalue weighted by Crippen LogP contribution is -2.22. The lowest BCUT2D eigenvalue weighted by atomic mass is 10.0. The Bertz CT molecular complexity index is 1090. The van der Waals surface area contributed by atoms with Crippen LogP contribution in [0.2, 0.25) is 0 Å². The Hall–Kier alpha value is -3.87. The molecule has 0 heterocycles. The van der Waals surface area contributed by atoms with E-state index in [1.54, 1.807) is 18.2 Å². The van der Waals surface area contributed by atoms with Gasteiger partial charge in [0.15, 0.2) is 6.61 Å². The van der Waals surface area contributed by atoms with E-state index in [0.29, 0.717) is 17.1 Å². The third kappa shape index (κ3) is 5.35. The molecule has 0 saturated carbocycles. The summed E-state index contributed by atoms with van der Waals surface area (Å²) < 4.78 is 10.4. The second kappa shape index (κ2) is 9.56. The molecule has 0 unspecified atom stereocenters. The number of amides is 2. The highest BCUT2D eigenvalue weighted by Gasteiger charge is 2.13. The molecule has 0 bridgehead atoms. The van der Waals surface area contributed by atoms with Gasteiger partial charge in [0.1, 0.15) is 5.75 Å². The third-order valence-electron chi connectivity index (χ3n) is 4.37. The average molecular weight is 406 g/mol. The lowest BCUT2D eigenvalue weighted by molar-refractivity contribution is -0.146. The predicted molar refractivity (Wildman–Crippen MR) is 115 cm³/mol. The van der Waals surface area contributed by atoms with Crippen molar-refractivity contribution in [3.63, 3.8) is 0 Å². The molecule has 7 heteroatoms. The van der Waals surface area contributed by atoms with Crippen LogP contribution in [0, 0.1) is 0 Å². The molecule has 0 aliphatic rings. The van der Waals surface area contributed by atoms with Crippen molar-refractivity contribution in [2.45, 2.75) is 13.3 Å². The Morgan fingerprint density at radius 1 is 0.933 bits per heavy atom. The second-order valence-corrected chi connectivity index (χ2v) is 6.62. The molecular formula is C23H22N2O5. The molecule has 0 atom stereocenters. The van der Waals surface area contributed by atoms with Crippen LogP contribution in [0.1, 0.15) is 12.5 Å². The zero-order valence-electron chi connectivity index (χ0n) is 16.7. The van der Waals surface area contributed by atoms with Crippen LogP contribution in [-0.2, 0) is 25.5 Å². The van der Waals surface area contributed by atoms with Crippen LogP contribution >= 0.6 is 0 Å². The number of benzene rings is 3. The maximum atomic E-state index is 12.3. The van der Waals surface area contributed by atoms with Gasteiger partial charge in [-0.3, -0.25) is 14.4 Å². The predicted octanol–water partition coefficient (Wildman–Crippen LogP) is 3.53. The van der Waals surface area contributed by atoms with Gasteiger partial charge in [-0.2, -0.15) is 0 Å². The molecule has 154 valence electrons. The molecule has 7 nitrogen and oxygen atoms in total. The van der Waals surface area contributed by atoms with Gasteiger partial charge in [-0.15, -0.1) is 0 Å². The third-order valence-corrected chi connectivity index (χ3v) is 4.37. The number of nitrogens with one attached hydrogen (secondary N) is 2. The number of hydrogen-bond donors (Lipinski definition) is 2. The number of anilines is 2. The van der Waals surface area contributed by atoms with Gasteiger partial charge >= 0.3 is 5.97 Å². The maximum absolute atomic E-state index is 12.3. The fourth-order valence-corrected chi connectivity index (χ4v) is 3.07. The summed E-state index contributed by atoms with van der Waals surface area (Å²) in [4.78, 5) is 35.7. The summed E-state index contributed by atoms with van der Waals surface area (Å²) in [5.41, 5.74) is 1.70. The smallest absolute Gasteiger partial charge is 0.310 e. The van der Waals surface area contributed by atoms with Gasteiger partial charge in [-0.05, 0) is 34.5 Å². The van der Waals surface area contributed by atoms with Crippen molar-refractivity contribution < 1.29 is 23.9 Å². The number of ether oxygens (including phenoxy) is 2. The molecule has 0 aliphatic carbocycles. The highest BCUT2D eigenvalue weighted by molar-refractivity contribution is 5.96. The van der Waals surface area contributed by atoms with Crippen LogP contribution in [0.4, 0.5) is 11.4 Å². The van der Waals surface area contributed by atoms with Crippen molar-refractivity contribution in [3.05, 3.63) is 66.2 Å². The second-order valence-electron chi connectivity index (χ2n) is 6.62. The van der Waals surface area contributed by atoms with E-state index >= 15 is 0 Å². The van der Waals surface area contributed by atoms with E-state index < -0.39 is 18.5 Å². The zero-order chi connectivity index (χ0) is 21.5. The van der Waals surface area contributed by atoms with E-state index in [9.17, 15) is 14.4 Å². The molecule has 0 fully saturated rings. The average Bonchev–Trinajstić information content (AvgIpc) is 2.72. The highest BCUT2D eigenvalue weighted by atomic mass is 16.5. The number of hydrogen-bond acceptors (Lipinski definition) is 5. The summed E-state index contributed by atoms with van der Waals surface area (Å²) in [5.74, 6) is -0.834. The standard InChI is InChI=1S/C23H22N2O5/c1-15(26)24-18-10-11-21(29-2)20(13-18)25-22(27)14-30-23(28)12-17-8-5-7-16-6-3-4-9-19(16)17/h3-11,13H,12,14H2,1-2H3,(H,24,26)(H,25,27). The van der Waals surface area contributed by atoms with E-state index in [4.69, 9.17) is 9.47 Å². The summed E-state index contributed by atoms with van der Waals surface area (Å²) in [5, 5.41) is 7.27. The molecule has 0 radical (unpaired) electrons. The number of esters is 1. The van der Waals surface area contributed by atoms with Crippen LogP contribution in [0.3, 0.4) is 0 Å². The van der Waals surface area contributed by atoms with Crippen molar-refractivity contribution in [1.82, 2.24) is 0 Å². The molecule has 0 aromatic heterocycles. The molecule has 0 saturated heterocycles. The van der Waals surface area contributed by atoms with E-state index in [1.807, 2.05) is 42.5 Å². The normalized spacial score (nSPS) is 10.3. The summed E-state index contributed by atoms with van der Waals surface area (Å²) in [6, 6.07) is 18.3. The topological polar surface area (TPSA) is 93.7 Å². The number of carbonyl (C=O) groups excluding carboxylic acids is 3. The summed E-state index contributed by atoms with van der Waals surface area (Å²) in [7, 11) is 1.47. The Labute approximate surface area is 174 Å². The number of methoxy groups -OCH3 is 1. The largest absolute Gasteiger partial charge is 0.495 e. The minimum Gasteiger partial charge on any atom is -0.495 e. The lowest BCUT2D eigenvalue weighted by Gasteiger charge is -2.13. The van der Waals surface area contributed by atoms with Gasteiger partial charge in [0.05, 0.1) is 19.2 Å². The fraction of sp³-hybridized carbons (Fsp3) is 0.174. The van der Waals surface area contributed by atoms with Gasteiger partial charge in [-0.25, -0.2) is 0 Å². The van der Waals surface area contributed by atoms with Crippen molar-refractivity contribution in [2.24, 2.45) is 0 Å². The van der Waals surface area contributed by atoms with E-state index in [-0.39, 0.29) is 12.3 Å². The van der Waals surface area contributed by atoms with E-state index in [2.05, 4.69) is 10.6 Å². The monoisotopic (exact) mass is 406 g/mol. The maximum Gasteiger partial charge on any atom is 0.310 e. The first kappa shape index (κ1) is 20.9. The first-order chi connectivity index (χ1) is 14.5. The Kier molecular flexibility index (Phi) is 6.64. The van der Waals surface area contributed by atoms with Crippen LogP contribution in [0.5, 0.6) is 5.75 Å². The minimum atomic E-state index is -0.514. The van der Waals surface area contributed by atoms with Crippen LogP contribution < -0.4 is 15.4 Å². The molecule has 0 aliphatic heterocycles. The van der Waals surface area contributed by atoms with Gasteiger partial charge < -0.3 is 20.1 Å². The molecule has 2 amide bonds. The molecule has 30 heavy (non-hydrogen) atoms. The number of carbonyl (C=O) groups is 3. The van der Waals surface area contributed by atoms with Crippen molar-refractivity contribution >= 4 is 39.9 Å². The van der Waals surface area contributed by atoms with Gasteiger partial charge in [0.2, 0.25) is 5.91 Å². The summed E-state index contributed by atoms with van der Waals surface area (Å²) >= 11 is 0. The molecular weight excluding hydrogens is 384 g/mol. The van der Waals surface area contributed by atoms with Crippen LogP contribution in [0.15, 0.2) is 60.7 Å². The molecule has 3 rings (SSSR count). The molecule has 2 N–H and O–H groups in total. The van der Waals surface area contributed by atoms with Crippen molar-refractivity contribution in [2.75, 3.05) is 24.4 Å². The van der Waals surface area contributed by atoms with Gasteiger partial charge in [0.25, 0.3) is 5.91 Å². The summed E-state index contributed by atoms with van der Waals surface area (Å²) in [6.45, 7) is 0.953. The molecule has 3 aromatic carbocycles. The number of fused-ring (bicyclic) bond motifs is 1. The van der Waals surface area contributed by atoms with E-state index in [0.717, 1.165) is 16.3 Å². The first-order valence-corrected chi connectivity index (χ1v) is 9.34. The SMILES string of the molecule is COc1ccc(NC(C)=O)cc1NC(=O)COC(=O)Cc1cccc2ccccc12. The van der Waals surface area contributed by atoms with Crippen LogP contribution in [-0.4, -0.2) is 31.5 Å².